The van der Waals surface area contributed by atoms with Gasteiger partial charge in [-0.25, -0.2) is 12.8 Å². The zero-order chi connectivity index (χ0) is 18.7. The second-order valence-corrected chi connectivity index (χ2v) is 7.00. The van der Waals surface area contributed by atoms with Crippen molar-refractivity contribution in [3.8, 4) is 22.9 Å². The van der Waals surface area contributed by atoms with Gasteiger partial charge in [-0.3, -0.25) is 4.72 Å². The van der Waals surface area contributed by atoms with Gasteiger partial charge in [0.05, 0.1) is 24.4 Å². The minimum Gasteiger partial charge on any atom is -0.496 e. The van der Waals surface area contributed by atoms with Crippen LogP contribution in [0.1, 0.15) is 5.56 Å². The van der Waals surface area contributed by atoms with Crippen molar-refractivity contribution in [1.82, 2.24) is 4.98 Å². The van der Waals surface area contributed by atoms with Crippen molar-refractivity contribution >= 4 is 15.7 Å². The Morgan fingerprint density at radius 1 is 1.15 bits per heavy atom. The number of aromatic nitrogens is 1. The molecule has 0 aliphatic heterocycles. The van der Waals surface area contributed by atoms with E-state index in [0.717, 1.165) is 6.07 Å². The number of para-hydroxylation sites is 1. The molecule has 3 rings (SSSR count). The molecule has 2 aromatic carbocycles. The maximum Gasteiger partial charge on any atom is 0.264 e. The molecule has 2 N–H and O–H groups in total. The molecule has 0 aliphatic rings. The largest absolute Gasteiger partial charge is 0.496 e. The second-order valence-electron chi connectivity index (χ2n) is 5.35. The quantitative estimate of drug-likeness (QED) is 0.717. The number of hydrogen-bond donors (Lipinski definition) is 2. The van der Waals surface area contributed by atoms with Gasteiger partial charge in [-0.1, -0.05) is 18.2 Å². The number of rotatable bonds is 5. The van der Waals surface area contributed by atoms with E-state index in [1.165, 1.54) is 31.6 Å². The van der Waals surface area contributed by atoms with Crippen LogP contribution in [0.2, 0.25) is 0 Å². The molecule has 0 saturated carbocycles. The summed E-state index contributed by atoms with van der Waals surface area (Å²) in [7, 11) is -2.59. The Bertz CT molecular complexity index is 1100. The lowest BCUT2D eigenvalue weighted by molar-refractivity contribution is 0.416. The Balaban J connectivity index is 2.02. The highest BCUT2D eigenvalue weighted by Gasteiger charge is 2.23. The predicted octanol–water partition coefficient (Wildman–Crippen LogP) is 3.50. The molecule has 0 unspecified atom stereocenters. The lowest BCUT2D eigenvalue weighted by Gasteiger charge is -2.12. The maximum atomic E-state index is 14.0. The van der Waals surface area contributed by atoms with Crippen LogP contribution in [0.15, 0.2) is 59.8 Å². The summed E-state index contributed by atoms with van der Waals surface area (Å²) in [5.74, 6) is -0.324. The highest BCUT2D eigenvalue weighted by molar-refractivity contribution is 7.92. The van der Waals surface area contributed by atoms with Crippen LogP contribution in [0.4, 0.5) is 10.1 Å². The molecule has 0 spiro atoms. The number of nitrogens with zero attached hydrogens (tertiary/aromatic N) is 1. The third-order valence-corrected chi connectivity index (χ3v) is 5.14. The molecule has 3 aromatic rings. The van der Waals surface area contributed by atoms with Crippen LogP contribution in [-0.4, -0.2) is 20.5 Å². The van der Waals surface area contributed by atoms with E-state index in [0.29, 0.717) is 16.9 Å². The van der Waals surface area contributed by atoms with Gasteiger partial charge in [-0.2, -0.15) is 5.26 Å². The summed E-state index contributed by atoms with van der Waals surface area (Å²) in [4.78, 5) is 2.71. The van der Waals surface area contributed by atoms with Crippen LogP contribution in [0.25, 0.3) is 11.1 Å². The summed E-state index contributed by atoms with van der Waals surface area (Å²) < 4.78 is 47.1. The fourth-order valence-corrected chi connectivity index (χ4v) is 3.76. The lowest BCUT2D eigenvalue weighted by Crippen LogP contribution is -2.14. The molecule has 0 aliphatic carbocycles. The van der Waals surface area contributed by atoms with Gasteiger partial charge in [0.25, 0.3) is 10.0 Å². The van der Waals surface area contributed by atoms with Crippen molar-refractivity contribution in [3.05, 3.63) is 66.2 Å². The normalized spacial score (nSPS) is 11.0. The molecule has 0 amide bonds. The number of ether oxygens (including phenoxy) is 1. The maximum absolute atomic E-state index is 14.0. The van der Waals surface area contributed by atoms with E-state index in [1.54, 1.807) is 30.3 Å². The summed E-state index contributed by atoms with van der Waals surface area (Å²) in [5.41, 5.74) is 0.832. The number of nitrogens with one attached hydrogen (secondary N) is 2. The summed E-state index contributed by atoms with van der Waals surface area (Å²) >= 11 is 0. The molecule has 0 atom stereocenters. The zero-order valence-corrected chi connectivity index (χ0v) is 14.5. The summed E-state index contributed by atoms with van der Waals surface area (Å²) in [6, 6.07) is 12.3. The summed E-state index contributed by atoms with van der Waals surface area (Å²) in [6.45, 7) is 0. The first kappa shape index (κ1) is 17.5. The van der Waals surface area contributed by atoms with Gasteiger partial charge in [-0.15, -0.1) is 0 Å². The van der Waals surface area contributed by atoms with Gasteiger partial charge >= 0.3 is 0 Å². The number of aromatic amines is 1. The number of nitriles is 1. The third kappa shape index (κ3) is 3.25. The number of methoxy groups -OCH3 is 1. The minimum absolute atomic E-state index is 0.0502. The summed E-state index contributed by atoms with van der Waals surface area (Å²) in [5, 5.41) is 8.78. The van der Waals surface area contributed by atoms with E-state index in [1.807, 2.05) is 0 Å². The van der Waals surface area contributed by atoms with Crippen LogP contribution in [-0.2, 0) is 10.0 Å². The van der Waals surface area contributed by atoms with Crippen LogP contribution in [0.3, 0.4) is 0 Å². The van der Waals surface area contributed by atoms with Crippen molar-refractivity contribution in [3.63, 3.8) is 0 Å². The first-order valence-corrected chi connectivity index (χ1v) is 8.97. The number of benzene rings is 2. The highest BCUT2D eigenvalue weighted by Crippen LogP contribution is 2.35. The highest BCUT2D eigenvalue weighted by atomic mass is 32.2. The minimum atomic E-state index is -4.08. The van der Waals surface area contributed by atoms with E-state index < -0.39 is 15.8 Å². The molecule has 132 valence electrons. The smallest absolute Gasteiger partial charge is 0.264 e. The average molecular weight is 371 g/mol. The van der Waals surface area contributed by atoms with Crippen LogP contribution in [0, 0.1) is 17.1 Å². The van der Waals surface area contributed by atoms with Crippen molar-refractivity contribution in [1.29, 1.82) is 5.26 Å². The molecule has 0 radical (unpaired) electrons. The van der Waals surface area contributed by atoms with Crippen molar-refractivity contribution in [2.24, 2.45) is 0 Å². The van der Waals surface area contributed by atoms with Crippen molar-refractivity contribution in [2.75, 3.05) is 11.8 Å². The van der Waals surface area contributed by atoms with E-state index in [9.17, 15) is 12.8 Å². The van der Waals surface area contributed by atoms with Gasteiger partial charge in [0, 0.05) is 23.5 Å². The van der Waals surface area contributed by atoms with E-state index in [-0.39, 0.29) is 16.1 Å². The number of anilines is 1. The number of sulfonamides is 1. The molecule has 1 aromatic heterocycles. The molecule has 1 heterocycles. The van der Waals surface area contributed by atoms with Gasteiger partial charge in [0.2, 0.25) is 0 Å². The molecule has 8 heteroatoms. The van der Waals surface area contributed by atoms with Crippen molar-refractivity contribution < 1.29 is 17.5 Å². The van der Waals surface area contributed by atoms with Crippen LogP contribution in [0.5, 0.6) is 5.75 Å². The Labute approximate surface area is 149 Å². The zero-order valence-electron chi connectivity index (χ0n) is 13.7. The van der Waals surface area contributed by atoms with E-state index >= 15 is 0 Å². The molecule has 0 bridgehead atoms. The summed E-state index contributed by atoms with van der Waals surface area (Å²) in [6.07, 6.45) is 2.84. The molecule has 26 heavy (non-hydrogen) atoms. The molecule has 6 nitrogen and oxygen atoms in total. The lowest BCUT2D eigenvalue weighted by atomic mass is 10.1. The van der Waals surface area contributed by atoms with Crippen molar-refractivity contribution in [2.45, 2.75) is 4.90 Å². The number of H-pyrrole nitrogens is 1. The van der Waals surface area contributed by atoms with Crippen LogP contribution < -0.4 is 9.46 Å². The SMILES string of the molecule is COc1ccccc1-c1c[nH]cc1S(=O)(=O)Nc1ccc(C#N)cc1F. The third-order valence-electron chi connectivity index (χ3n) is 3.74. The fraction of sp³-hybridized carbons (Fsp3) is 0.0556. The van der Waals surface area contributed by atoms with Gasteiger partial charge in [-0.05, 0) is 24.3 Å². The predicted molar refractivity (Wildman–Crippen MR) is 94.7 cm³/mol. The van der Waals surface area contributed by atoms with Gasteiger partial charge in [0.1, 0.15) is 16.5 Å². The molecular weight excluding hydrogens is 357 g/mol. The van der Waals surface area contributed by atoms with Crippen LogP contribution >= 0.6 is 0 Å². The second kappa shape index (κ2) is 6.90. The Kier molecular flexibility index (Phi) is 4.65. The van der Waals surface area contributed by atoms with Gasteiger partial charge in [0.15, 0.2) is 0 Å². The topological polar surface area (TPSA) is 95.0 Å². The molecular formula is C18H14FN3O3S. The fourth-order valence-electron chi connectivity index (χ4n) is 2.52. The van der Waals surface area contributed by atoms with E-state index in [4.69, 9.17) is 10.00 Å². The Morgan fingerprint density at radius 3 is 2.62 bits per heavy atom. The average Bonchev–Trinajstić information content (AvgIpc) is 3.14. The monoisotopic (exact) mass is 371 g/mol. The number of halogens is 1. The molecule has 0 saturated heterocycles. The first-order valence-electron chi connectivity index (χ1n) is 7.49. The molecule has 0 fully saturated rings. The Hall–Kier alpha value is -3.31. The first-order chi connectivity index (χ1) is 12.5. The number of hydrogen-bond acceptors (Lipinski definition) is 4. The standard InChI is InChI=1S/C18H14FN3O3S/c1-25-17-5-3-2-4-13(17)14-10-21-11-18(14)26(23,24)22-16-7-6-12(9-20)8-15(16)19/h2-8,10-11,21-22H,1H3. The Morgan fingerprint density at radius 2 is 1.92 bits per heavy atom. The van der Waals surface area contributed by atoms with Gasteiger partial charge < -0.3 is 9.72 Å². The van der Waals surface area contributed by atoms with E-state index in [2.05, 4.69) is 9.71 Å².